The fourth-order valence-electron chi connectivity index (χ4n) is 1.69. The van der Waals surface area contributed by atoms with Crippen LogP contribution in [0, 0.1) is 13.8 Å². The molecular formula is C13H21N3O. The summed E-state index contributed by atoms with van der Waals surface area (Å²) in [5.74, 6) is -0.0558. The maximum Gasteiger partial charge on any atom is 0.253 e. The Bertz CT molecular complexity index is 390. The first-order chi connectivity index (χ1) is 8.04. The lowest BCUT2D eigenvalue weighted by Gasteiger charge is -2.13. The van der Waals surface area contributed by atoms with E-state index < -0.39 is 0 Å². The van der Waals surface area contributed by atoms with Gasteiger partial charge in [-0.3, -0.25) is 9.78 Å². The molecule has 0 saturated carbocycles. The van der Waals surface area contributed by atoms with Gasteiger partial charge in [0.1, 0.15) is 0 Å². The van der Waals surface area contributed by atoms with Crippen molar-refractivity contribution in [3.8, 4) is 0 Å². The summed E-state index contributed by atoms with van der Waals surface area (Å²) < 4.78 is 0. The second-order valence-corrected chi connectivity index (χ2v) is 4.25. The second-order valence-electron chi connectivity index (χ2n) is 4.25. The maximum absolute atomic E-state index is 11.9. The first-order valence-electron chi connectivity index (χ1n) is 6.00. The molecule has 0 aromatic carbocycles. The van der Waals surface area contributed by atoms with E-state index in [1.807, 2.05) is 39.8 Å². The molecule has 94 valence electrons. The van der Waals surface area contributed by atoms with Crippen molar-refractivity contribution in [3.05, 3.63) is 29.1 Å². The fraction of sp³-hybridized carbons (Fsp3) is 0.538. The molecule has 0 fully saturated rings. The van der Waals surface area contributed by atoms with Crippen LogP contribution in [0.25, 0.3) is 0 Å². The molecular weight excluding hydrogens is 214 g/mol. The summed E-state index contributed by atoms with van der Waals surface area (Å²) in [4.78, 5) is 16.2. The predicted octanol–water partition coefficient (Wildman–Crippen LogP) is 1.43. The zero-order valence-electron chi connectivity index (χ0n) is 11.0. The number of carbonyl (C=O) groups excluding carboxylic acids is 1. The highest BCUT2D eigenvalue weighted by molar-refractivity contribution is 5.95. The van der Waals surface area contributed by atoms with Gasteiger partial charge in [-0.25, -0.2) is 0 Å². The highest BCUT2D eigenvalue weighted by Crippen LogP contribution is 2.05. The van der Waals surface area contributed by atoms with Gasteiger partial charge in [0.25, 0.3) is 5.91 Å². The van der Waals surface area contributed by atoms with Gasteiger partial charge in [0.05, 0.1) is 11.3 Å². The maximum atomic E-state index is 11.9. The van der Waals surface area contributed by atoms with E-state index in [9.17, 15) is 4.79 Å². The van der Waals surface area contributed by atoms with Gasteiger partial charge in [0.15, 0.2) is 0 Å². The lowest BCUT2D eigenvalue weighted by atomic mass is 10.1. The van der Waals surface area contributed by atoms with Crippen LogP contribution < -0.4 is 10.6 Å². The van der Waals surface area contributed by atoms with Gasteiger partial charge in [-0.05, 0) is 39.4 Å². The monoisotopic (exact) mass is 235 g/mol. The third-order valence-corrected chi connectivity index (χ3v) is 2.59. The standard InChI is InChI=1S/C13H21N3O/c1-5-14-10(3)8-15-13(17)12-7-6-9(2)16-11(12)4/h6-7,10,14H,5,8H2,1-4H3,(H,15,17)/t10-/m1/s1. The van der Waals surface area contributed by atoms with E-state index in [1.165, 1.54) is 0 Å². The van der Waals surface area contributed by atoms with E-state index in [0.717, 1.165) is 17.9 Å². The van der Waals surface area contributed by atoms with E-state index in [0.29, 0.717) is 12.1 Å². The number of rotatable bonds is 5. The zero-order chi connectivity index (χ0) is 12.8. The van der Waals surface area contributed by atoms with Crippen LogP contribution in [0.5, 0.6) is 0 Å². The van der Waals surface area contributed by atoms with Crippen molar-refractivity contribution >= 4 is 5.91 Å². The topological polar surface area (TPSA) is 54.0 Å². The summed E-state index contributed by atoms with van der Waals surface area (Å²) >= 11 is 0. The van der Waals surface area contributed by atoms with Crippen molar-refractivity contribution < 1.29 is 4.79 Å². The summed E-state index contributed by atoms with van der Waals surface area (Å²) in [6.07, 6.45) is 0. The number of hydrogen-bond acceptors (Lipinski definition) is 3. The second kappa shape index (κ2) is 6.35. The van der Waals surface area contributed by atoms with Crippen LogP contribution in [0.2, 0.25) is 0 Å². The van der Waals surface area contributed by atoms with Crippen LogP contribution in [0.1, 0.15) is 35.6 Å². The highest BCUT2D eigenvalue weighted by Gasteiger charge is 2.10. The summed E-state index contributed by atoms with van der Waals surface area (Å²) in [5, 5.41) is 6.15. The van der Waals surface area contributed by atoms with E-state index in [-0.39, 0.29) is 11.9 Å². The number of carbonyl (C=O) groups is 1. The summed E-state index contributed by atoms with van der Waals surface area (Å²) in [6, 6.07) is 3.96. The van der Waals surface area contributed by atoms with Gasteiger partial charge in [-0.2, -0.15) is 0 Å². The molecule has 4 heteroatoms. The summed E-state index contributed by atoms with van der Waals surface area (Å²) in [5.41, 5.74) is 2.36. The average Bonchev–Trinajstić information content (AvgIpc) is 2.26. The Kier molecular flexibility index (Phi) is 5.10. The number of aryl methyl sites for hydroxylation is 2. The Morgan fingerprint density at radius 2 is 2.12 bits per heavy atom. The van der Waals surface area contributed by atoms with Gasteiger partial charge in [0.2, 0.25) is 0 Å². The lowest BCUT2D eigenvalue weighted by molar-refractivity contribution is 0.0949. The molecule has 0 bridgehead atoms. The molecule has 1 atom stereocenters. The number of aromatic nitrogens is 1. The van der Waals surface area contributed by atoms with Gasteiger partial charge >= 0.3 is 0 Å². The Hall–Kier alpha value is -1.42. The van der Waals surface area contributed by atoms with Crippen molar-refractivity contribution in [2.75, 3.05) is 13.1 Å². The number of hydrogen-bond donors (Lipinski definition) is 2. The van der Waals surface area contributed by atoms with Crippen LogP contribution in [0.3, 0.4) is 0 Å². The SMILES string of the molecule is CCN[C@H](C)CNC(=O)c1ccc(C)nc1C. The predicted molar refractivity (Wildman–Crippen MR) is 69.2 cm³/mol. The molecule has 4 nitrogen and oxygen atoms in total. The Morgan fingerprint density at radius 3 is 2.71 bits per heavy atom. The summed E-state index contributed by atoms with van der Waals surface area (Å²) in [6.45, 7) is 9.40. The van der Waals surface area contributed by atoms with Gasteiger partial charge in [0, 0.05) is 18.3 Å². The van der Waals surface area contributed by atoms with E-state index in [1.54, 1.807) is 0 Å². The molecule has 0 spiro atoms. The van der Waals surface area contributed by atoms with Crippen molar-refractivity contribution in [1.82, 2.24) is 15.6 Å². The number of likely N-dealkylation sites (N-methyl/N-ethyl adjacent to an activating group) is 1. The van der Waals surface area contributed by atoms with Gasteiger partial charge < -0.3 is 10.6 Å². The minimum atomic E-state index is -0.0558. The van der Waals surface area contributed by atoms with Crippen LogP contribution in [0.15, 0.2) is 12.1 Å². The zero-order valence-corrected chi connectivity index (χ0v) is 11.0. The lowest BCUT2D eigenvalue weighted by Crippen LogP contribution is -2.39. The van der Waals surface area contributed by atoms with E-state index in [2.05, 4.69) is 15.6 Å². The third kappa shape index (κ3) is 4.15. The van der Waals surface area contributed by atoms with E-state index in [4.69, 9.17) is 0 Å². The van der Waals surface area contributed by atoms with Crippen molar-refractivity contribution in [1.29, 1.82) is 0 Å². The van der Waals surface area contributed by atoms with Gasteiger partial charge in [-0.1, -0.05) is 6.92 Å². The largest absolute Gasteiger partial charge is 0.350 e. The molecule has 1 heterocycles. The Morgan fingerprint density at radius 1 is 1.41 bits per heavy atom. The molecule has 1 rings (SSSR count). The first kappa shape index (κ1) is 13.6. The van der Waals surface area contributed by atoms with Crippen LogP contribution >= 0.6 is 0 Å². The smallest absolute Gasteiger partial charge is 0.253 e. The third-order valence-electron chi connectivity index (χ3n) is 2.59. The quantitative estimate of drug-likeness (QED) is 0.811. The van der Waals surface area contributed by atoms with Crippen LogP contribution in [0.4, 0.5) is 0 Å². The number of nitrogens with one attached hydrogen (secondary N) is 2. The van der Waals surface area contributed by atoms with Crippen molar-refractivity contribution in [3.63, 3.8) is 0 Å². The molecule has 0 aliphatic rings. The van der Waals surface area contributed by atoms with Crippen LogP contribution in [-0.2, 0) is 0 Å². The van der Waals surface area contributed by atoms with Crippen LogP contribution in [-0.4, -0.2) is 30.0 Å². The first-order valence-corrected chi connectivity index (χ1v) is 6.00. The molecule has 0 saturated heterocycles. The Labute approximate surface area is 103 Å². The molecule has 2 N–H and O–H groups in total. The fourth-order valence-corrected chi connectivity index (χ4v) is 1.69. The number of pyridine rings is 1. The minimum Gasteiger partial charge on any atom is -0.350 e. The normalized spacial score (nSPS) is 12.2. The van der Waals surface area contributed by atoms with Crippen molar-refractivity contribution in [2.24, 2.45) is 0 Å². The molecule has 0 aliphatic heterocycles. The molecule has 1 aromatic rings. The van der Waals surface area contributed by atoms with E-state index >= 15 is 0 Å². The van der Waals surface area contributed by atoms with Gasteiger partial charge in [-0.15, -0.1) is 0 Å². The summed E-state index contributed by atoms with van der Waals surface area (Å²) in [7, 11) is 0. The Balaban J connectivity index is 2.58. The van der Waals surface area contributed by atoms with Crippen molar-refractivity contribution in [2.45, 2.75) is 33.7 Å². The molecule has 1 aromatic heterocycles. The molecule has 1 amide bonds. The molecule has 0 radical (unpaired) electrons. The molecule has 0 aliphatic carbocycles. The number of nitrogens with zero attached hydrogens (tertiary/aromatic N) is 1. The average molecular weight is 235 g/mol. The molecule has 0 unspecified atom stereocenters. The minimum absolute atomic E-state index is 0.0558. The molecule has 17 heavy (non-hydrogen) atoms. The number of amides is 1. The highest BCUT2D eigenvalue weighted by atomic mass is 16.1.